The van der Waals surface area contributed by atoms with Crippen molar-refractivity contribution in [3.8, 4) is 34.4 Å². The topological polar surface area (TPSA) is 95.7 Å². The van der Waals surface area contributed by atoms with Gasteiger partial charge in [0.2, 0.25) is 0 Å². The summed E-state index contributed by atoms with van der Waals surface area (Å²) < 4.78 is 24.4. The zero-order valence-corrected chi connectivity index (χ0v) is 19.5. The Morgan fingerprint density at radius 1 is 1.03 bits per heavy atom. The number of benzene rings is 2. The van der Waals surface area contributed by atoms with Gasteiger partial charge in [-0.1, -0.05) is 36.4 Å². The third-order valence-corrected chi connectivity index (χ3v) is 5.62. The molecule has 0 radical (unpaired) electrons. The average Bonchev–Trinajstić information content (AvgIpc) is 3.64. The van der Waals surface area contributed by atoms with Gasteiger partial charge in [-0.3, -0.25) is 4.68 Å². The summed E-state index contributed by atoms with van der Waals surface area (Å²) in [6.07, 6.45) is 3.44. The fraction of sp³-hybridized carbons (Fsp3) is 0.185. The fourth-order valence-electron chi connectivity index (χ4n) is 3.83. The summed E-state index contributed by atoms with van der Waals surface area (Å²) in [5, 5.41) is 14.5. The number of oxazole rings is 1. The lowest BCUT2D eigenvalue weighted by Crippen LogP contribution is -2.03. The van der Waals surface area contributed by atoms with Crippen molar-refractivity contribution in [2.75, 3.05) is 7.11 Å². The number of methoxy groups -OCH3 is 1. The SMILES string of the molecule is COc1cc(Cn2cc(CO)c(-c3ccccc3)n2)ccc1OCc1nc(-c2ccco2)oc1C. The number of furan rings is 1. The Hall–Kier alpha value is -4.30. The predicted octanol–water partition coefficient (Wildman–Crippen LogP) is 5.23. The summed E-state index contributed by atoms with van der Waals surface area (Å²) in [7, 11) is 1.60. The van der Waals surface area contributed by atoms with Crippen LogP contribution in [0.25, 0.3) is 22.9 Å². The number of aryl methyl sites for hydroxylation is 1. The maximum absolute atomic E-state index is 9.80. The van der Waals surface area contributed by atoms with Gasteiger partial charge in [0.25, 0.3) is 5.89 Å². The van der Waals surface area contributed by atoms with Crippen LogP contribution in [-0.2, 0) is 19.8 Å². The van der Waals surface area contributed by atoms with Gasteiger partial charge in [0.1, 0.15) is 18.1 Å². The standard InChI is InChI=1S/C27H25N3O5/c1-18-22(28-27(35-18)24-9-6-12-33-24)17-34-23-11-10-19(13-25(23)32-2)14-30-15-21(16-31)26(29-30)20-7-4-3-5-8-20/h3-13,15,31H,14,16-17H2,1-2H3. The summed E-state index contributed by atoms with van der Waals surface area (Å²) in [4.78, 5) is 4.48. The van der Waals surface area contributed by atoms with Crippen LogP contribution in [0.5, 0.6) is 11.5 Å². The molecule has 8 nitrogen and oxygen atoms in total. The summed E-state index contributed by atoms with van der Waals surface area (Å²) >= 11 is 0. The first kappa shape index (κ1) is 22.5. The molecule has 5 aromatic rings. The van der Waals surface area contributed by atoms with E-state index < -0.39 is 0 Å². The molecular formula is C27H25N3O5. The normalized spacial score (nSPS) is 11.1. The molecule has 3 aromatic heterocycles. The molecule has 2 aromatic carbocycles. The van der Waals surface area contributed by atoms with Crippen molar-refractivity contribution in [2.24, 2.45) is 0 Å². The molecule has 0 aliphatic rings. The number of aromatic nitrogens is 3. The highest BCUT2D eigenvalue weighted by molar-refractivity contribution is 5.62. The third kappa shape index (κ3) is 4.83. The van der Waals surface area contributed by atoms with Crippen molar-refractivity contribution in [2.45, 2.75) is 26.7 Å². The minimum absolute atomic E-state index is 0.0799. The maximum atomic E-state index is 9.80. The molecule has 0 saturated heterocycles. The Kier molecular flexibility index (Phi) is 6.36. The van der Waals surface area contributed by atoms with Crippen molar-refractivity contribution in [3.05, 3.63) is 95.7 Å². The van der Waals surface area contributed by atoms with Gasteiger partial charge in [-0.2, -0.15) is 5.10 Å². The molecule has 1 N–H and O–H groups in total. The molecule has 0 fully saturated rings. The Balaban J connectivity index is 1.31. The van der Waals surface area contributed by atoms with Gasteiger partial charge >= 0.3 is 0 Å². The second-order valence-electron chi connectivity index (χ2n) is 8.00. The van der Waals surface area contributed by atoms with E-state index in [9.17, 15) is 5.11 Å². The summed E-state index contributed by atoms with van der Waals surface area (Å²) in [6, 6.07) is 19.2. The van der Waals surface area contributed by atoms with E-state index in [-0.39, 0.29) is 13.2 Å². The van der Waals surface area contributed by atoms with Gasteiger partial charge in [0.05, 0.1) is 32.2 Å². The monoisotopic (exact) mass is 471 g/mol. The second-order valence-corrected chi connectivity index (χ2v) is 8.00. The molecule has 178 valence electrons. The molecule has 5 rings (SSSR count). The van der Waals surface area contributed by atoms with Crippen molar-refractivity contribution in [1.29, 1.82) is 0 Å². The lowest BCUT2D eigenvalue weighted by atomic mass is 10.1. The Morgan fingerprint density at radius 3 is 2.63 bits per heavy atom. The largest absolute Gasteiger partial charge is 0.493 e. The van der Waals surface area contributed by atoms with Crippen LogP contribution in [0.3, 0.4) is 0 Å². The minimum atomic E-state index is -0.0799. The smallest absolute Gasteiger partial charge is 0.263 e. The molecule has 0 atom stereocenters. The lowest BCUT2D eigenvalue weighted by Gasteiger charge is -2.12. The van der Waals surface area contributed by atoms with E-state index in [0.29, 0.717) is 41.1 Å². The van der Waals surface area contributed by atoms with Crippen molar-refractivity contribution >= 4 is 0 Å². The molecule has 0 bridgehead atoms. The van der Waals surface area contributed by atoms with E-state index in [1.54, 1.807) is 25.5 Å². The fourth-order valence-corrected chi connectivity index (χ4v) is 3.83. The van der Waals surface area contributed by atoms with Gasteiger partial charge in [-0.05, 0) is 36.8 Å². The summed E-state index contributed by atoms with van der Waals surface area (Å²) in [5.41, 5.74) is 4.19. The molecule has 0 spiro atoms. The summed E-state index contributed by atoms with van der Waals surface area (Å²) in [6.45, 7) is 2.51. The first-order valence-electron chi connectivity index (χ1n) is 11.2. The number of rotatable bonds is 9. The van der Waals surface area contributed by atoms with Crippen LogP contribution in [0.15, 0.2) is 82.0 Å². The van der Waals surface area contributed by atoms with Crippen molar-refractivity contribution in [1.82, 2.24) is 14.8 Å². The number of nitrogens with zero attached hydrogens (tertiary/aromatic N) is 3. The molecule has 0 unspecified atom stereocenters. The maximum Gasteiger partial charge on any atom is 0.263 e. The van der Waals surface area contributed by atoms with E-state index >= 15 is 0 Å². The molecule has 0 amide bonds. The lowest BCUT2D eigenvalue weighted by molar-refractivity contribution is 0.279. The van der Waals surface area contributed by atoms with Crippen LogP contribution in [-0.4, -0.2) is 27.0 Å². The van der Waals surface area contributed by atoms with Crippen LogP contribution in [0.4, 0.5) is 0 Å². The molecule has 35 heavy (non-hydrogen) atoms. The first-order chi connectivity index (χ1) is 17.1. The van der Waals surface area contributed by atoms with Crippen LogP contribution in [0.2, 0.25) is 0 Å². The molecule has 0 aliphatic heterocycles. The Bertz CT molecular complexity index is 1400. The number of ether oxygens (including phenoxy) is 2. The highest BCUT2D eigenvalue weighted by Gasteiger charge is 2.16. The van der Waals surface area contributed by atoms with E-state index in [2.05, 4.69) is 4.98 Å². The van der Waals surface area contributed by atoms with Gasteiger partial charge < -0.3 is 23.4 Å². The number of aliphatic hydroxyl groups excluding tert-OH is 1. The van der Waals surface area contributed by atoms with Crippen LogP contribution in [0.1, 0.15) is 22.6 Å². The predicted molar refractivity (Wildman–Crippen MR) is 129 cm³/mol. The Morgan fingerprint density at radius 2 is 1.89 bits per heavy atom. The first-order valence-corrected chi connectivity index (χ1v) is 11.2. The second kappa shape index (κ2) is 9.90. The Labute approximate surface area is 202 Å². The molecule has 3 heterocycles. The van der Waals surface area contributed by atoms with Gasteiger partial charge in [0.15, 0.2) is 17.3 Å². The van der Waals surface area contributed by atoms with E-state index in [1.807, 2.05) is 66.3 Å². The third-order valence-electron chi connectivity index (χ3n) is 5.62. The van der Waals surface area contributed by atoms with Gasteiger partial charge in [-0.15, -0.1) is 0 Å². The zero-order chi connectivity index (χ0) is 24.2. The van der Waals surface area contributed by atoms with Crippen LogP contribution in [0, 0.1) is 6.92 Å². The van der Waals surface area contributed by atoms with Crippen molar-refractivity contribution in [3.63, 3.8) is 0 Å². The van der Waals surface area contributed by atoms with Crippen LogP contribution >= 0.6 is 0 Å². The number of aliphatic hydroxyl groups is 1. The molecule has 0 aliphatic carbocycles. The average molecular weight is 472 g/mol. The minimum Gasteiger partial charge on any atom is -0.493 e. The van der Waals surface area contributed by atoms with E-state index in [1.165, 1.54) is 0 Å². The number of hydrogen-bond acceptors (Lipinski definition) is 7. The van der Waals surface area contributed by atoms with Crippen molar-refractivity contribution < 1.29 is 23.4 Å². The molecule has 0 saturated carbocycles. The van der Waals surface area contributed by atoms with Gasteiger partial charge in [0, 0.05) is 17.3 Å². The zero-order valence-electron chi connectivity index (χ0n) is 19.5. The highest BCUT2D eigenvalue weighted by atomic mass is 16.5. The van der Waals surface area contributed by atoms with E-state index in [0.717, 1.165) is 22.4 Å². The van der Waals surface area contributed by atoms with E-state index in [4.69, 9.17) is 23.4 Å². The van der Waals surface area contributed by atoms with Gasteiger partial charge in [-0.25, -0.2) is 4.98 Å². The molecule has 8 heteroatoms. The molecular weight excluding hydrogens is 446 g/mol. The number of hydrogen-bond donors (Lipinski definition) is 1. The van der Waals surface area contributed by atoms with Crippen LogP contribution < -0.4 is 9.47 Å². The highest BCUT2D eigenvalue weighted by Crippen LogP contribution is 2.31. The quantitative estimate of drug-likeness (QED) is 0.314. The summed E-state index contributed by atoms with van der Waals surface area (Å²) in [5.74, 6) is 2.86.